The molecule has 1 aliphatic carbocycles. The predicted octanol–water partition coefficient (Wildman–Crippen LogP) is 3.90. The first-order valence-electron chi connectivity index (χ1n) is 8.01. The summed E-state index contributed by atoms with van der Waals surface area (Å²) in [6, 6.07) is 0. The Labute approximate surface area is 127 Å². The second-order valence-corrected chi connectivity index (χ2v) is 7.47. The lowest BCUT2D eigenvalue weighted by Crippen LogP contribution is -2.17. The molecule has 1 aromatic rings. The maximum atomic E-state index is 4.63. The Morgan fingerprint density at radius 3 is 2.90 bits per heavy atom. The van der Waals surface area contributed by atoms with Crippen molar-refractivity contribution in [1.29, 1.82) is 0 Å². The van der Waals surface area contributed by atoms with Crippen molar-refractivity contribution in [3.05, 3.63) is 11.3 Å². The lowest BCUT2D eigenvalue weighted by atomic mass is 9.91. The molecule has 1 fully saturated rings. The van der Waals surface area contributed by atoms with Gasteiger partial charge in [0.05, 0.1) is 10.7 Å². The van der Waals surface area contributed by atoms with Crippen LogP contribution in [0.3, 0.4) is 0 Å². The summed E-state index contributed by atoms with van der Waals surface area (Å²) in [4.78, 5) is 0. The van der Waals surface area contributed by atoms with Crippen molar-refractivity contribution in [3.8, 4) is 0 Å². The lowest BCUT2D eigenvalue weighted by molar-refractivity contribution is 0.393. The van der Waals surface area contributed by atoms with Crippen molar-refractivity contribution in [2.45, 2.75) is 69.7 Å². The molecule has 2 rings (SSSR count). The van der Waals surface area contributed by atoms with Crippen molar-refractivity contribution in [2.24, 2.45) is 13.0 Å². The summed E-state index contributed by atoms with van der Waals surface area (Å²) in [7, 11) is 2.09. The van der Waals surface area contributed by atoms with E-state index in [9.17, 15) is 0 Å². The van der Waals surface area contributed by atoms with E-state index in [1.165, 1.54) is 48.4 Å². The standard InChI is InChI=1S/C16H29N3S/c1-5-9-17-11-15-13(3)18-19(4)16(15)20-14-8-6-7-12(2)10-14/h12,14,17H,5-11H2,1-4H3. The van der Waals surface area contributed by atoms with Crippen molar-refractivity contribution >= 4 is 11.8 Å². The van der Waals surface area contributed by atoms with E-state index in [2.05, 4.69) is 54.7 Å². The highest BCUT2D eigenvalue weighted by atomic mass is 32.2. The van der Waals surface area contributed by atoms with Crippen molar-refractivity contribution in [1.82, 2.24) is 15.1 Å². The van der Waals surface area contributed by atoms with Crippen molar-refractivity contribution in [2.75, 3.05) is 6.54 Å². The summed E-state index contributed by atoms with van der Waals surface area (Å²) in [5.41, 5.74) is 2.59. The lowest BCUT2D eigenvalue weighted by Gasteiger charge is -2.26. The second kappa shape index (κ2) is 7.51. The molecule has 1 saturated carbocycles. The van der Waals surface area contributed by atoms with E-state index in [1.54, 1.807) is 0 Å². The number of nitrogens with zero attached hydrogens (tertiary/aromatic N) is 2. The summed E-state index contributed by atoms with van der Waals surface area (Å²) in [5.74, 6) is 0.886. The molecule has 3 nitrogen and oxygen atoms in total. The molecule has 0 aromatic carbocycles. The van der Waals surface area contributed by atoms with Gasteiger partial charge in [0.1, 0.15) is 0 Å². The van der Waals surface area contributed by atoms with Crippen LogP contribution in [-0.2, 0) is 13.6 Å². The first kappa shape index (κ1) is 15.9. The zero-order chi connectivity index (χ0) is 14.5. The number of aromatic nitrogens is 2. The van der Waals surface area contributed by atoms with Crippen LogP contribution in [-0.4, -0.2) is 21.6 Å². The molecule has 1 aliphatic rings. The normalized spacial score (nSPS) is 23.2. The molecule has 20 heavy (non-hydrogen) atoms. The molecule has 0 spiro atoms. The Morgan fingerprint density at radius 2 is 2.20 bits per heavy atom. The molecule has 0 amide bonds. The van der Waals surface area contributed by atoms with Gasteiger partial charge in [-0.1, -0.05) is 26.7 Å². The minimum Gasteiger partial charge on any atom is -0.313 e. The number of hydrogen-bond donors (Lipinski definition) is 1. The highest BCUT2D eigenvalue weighted by Gasteiger charge is 2.23. The molecule has 2 atom stereocenters. The fraction of sp³-hybridized carbons (Fsp3) is 0.812. The van der Waals surface area contributed by atoms with E-state index in [0.717, 1.165) is 24.3 Å². The second-order valence-electron chi connectivity index (χ2n) is 6.18. The monoisotopic (exact) mass is 295 g/mol. The van der Waals surface area contributed by atoms with Crippen molar-refractivity contribution < 1.29 is 0 Å². The Morgan fingerprint density at radius 1 is 1.40 bits per heavy atom. The first-order chi connectivity index (χ1) is 9.61. The summed E-state index contributed by atoms with van der Waals surface area (Å²) in [6.07, 6.45) is 6.70. The molecule has 1 aromatic heterocycles. The van der Waals surface area contributed by atoms with Gasteiger partial charge in [-0.15, -0.1) is 11.8 Å². The van der Waals surface area contributed by atoms with Gasteiger partial charge in [0.25, 0.3) is 0 Å². The van der Waals surface area contributed by atoms with Gasteiger partial charge in [0, 0.05) is 24.4 Å². The number of thioether (sulfide) groups is 1. The van der Waals surface area contributed by atoms with Crippen LogP contribution >= 0.6 is 11.8 Å². The van der Waals surface area contributed by atoms with E-state index in [1.807, 2.05) is 0 Å². The van der Waals surface area contributed by atoms with Gasteiger partial charge in [-0.3, -0.25) is 4.68 Å². The van der Waals surface area contributed by atoms with Crippen LogP contribution in [0.2, 0.25) is 0 Å². The molecule has 1 heterocycles. The van der Waals surface area contributed by atoms with Crippen LogP contribution < -0.4 is 5.32 Å². The molecule has 4 heteroatoms. The average Bonchev–Trinajstić information content (AvgIpc) is 2.66. The third kappa shape index (κ3) is 4.01. The van der Waals surface area contributed by atoms with Gasteiger partial charge in [-0.2, -0.15) is 5.10 Å². The molecule has 0 radical (unpaired) electrons. The molecule has 2 unspecified atom stereocenters. The van der Waals surface area contributed by atoms with E-state index in [-0.39, 0.29) is 0 Å². The molecule has 114 valence electrons. The van der Waals surface area contributed by atoms with Crippen LogP contribution in [0.1, 0.15) is 57.2 Å². The molecule has 0 aliphatic heterocycles. The number of nitrogens with one attached hydrogen (secondary N) is 1. The van der Waals surface area contributed by atoms with E-state index >= 15 is 0 Å². The van der Waals surface area contributed by atoms with Gasteiger partial charge in [-0.25, -0.2) is 0 Å². The van der Waals surface area contributed by atoms with Crippen molar-refractivity contribution in [3.63, 3.8) is 0 Å². The average molecular weight is 295 g/mol. The zero-order valence-corrected chi connectivity index (χ0v) is 14.2. The molecule has 0 saturated heterocycles. The summed E-state index contributed by atoms with van der Waals surface area (Å²) >= 11 is 2.06. The largest absolute Gasteiger partial charge is 0.313 e. The van der Waals surface area contributed by atoms with Gasteiger partial charge in [0.15, 0.2) is 0 Å². The summed E-state index contributed by atoms with van der Waals surface area (Å²) in [5, 5.41) is 10.3. The minimum atomic E-state index is 0.776. The van der Waals surface area contributed by atoms with Crippen LogP contribution in [0, 0.1) is 12.8 Å². The van der Waals surface area contributed by atoms with Crippen LogP contribution in [0.4, 0.5) is 0 Å². The van der Waals surface area contributed by atoms with Crippen LogP contribution in [0.15, 0.2) is 5.03 Å². The number of hydrogen-bond acceptors (Lipinski definition) is 3. The van der Waals surface area contributed by atoms with E-state index in [4.69, 9.17) is 0 Å². The maximum Gasteiger partial charge on any atom is 0.0987 e. The fourth-order valence-corrected chi connectivity index (χ4v) is 4.65. The predicted molar refractivity (Wildman–Crippen MR) is 87.2 cm³/mol. The van der Waals surface area contributed by atoms with Gasteiger partial charge in [0.2, 0.25) is 0 Å². The third-order valence-corrected chi connectivity index (χ3v) is 5.68. The summed E-state index contributed by atoms with van der Waals surface area (Å²) < 4.78 is 2.09. The molecular weight excluding hydrogens is 266 g/mol. The molecule has 1 N–H and O–H groups in total. The van der Waals surface area contributed by atoms with Gasteiger partial charge < -0.3 is 5.32 Å². The Kier molecular flexibility index (Phi) is 5.97. The van der Waals surface area contributed by atoms with Crippen LogP contribution in [0.5, 0.6) is 0 Å². The summed E-state index contributed by atoms with van der Waals surface area (Å²) in [6.45, 7) is 8.78. The van der Waals surface area contributed by atoms with E-state index < -0.39 is 0 Å². The fourth-order valence-electron chi connectivity index (χ4n) is 3.07. The Bertz CT molecular complexity index is 428. The van der Waals surface area contributed by atoms with E-state index in [0.29, 0.717) is 0 Å². The Hall–Kier alpha value is -0.480. The smallest absolute Gasteiger partial charge is 0.0987 e. The quantitative estimate of drug-likeness (QED) is 0.807. The molecule has 0 bridgehead atoms. The number of aryl methyl sites for hydroxylation is 2. The third-order valence-electron chi connectivity index (χ3n) is 4.18. The highest BCUT2D eigenvalue weighted by molar-refractivity contribution is 7.99. The van der Waals surface area contributed by atoms with Gasteiger partial charge in [-0.05, 0) is 38.6 Å². The minimum absolute atomic E-state index is 0.776. The SMILES string of the molecule is CCCNCc1c(C)nn(C)c1SC1CCCC(C)C1. The topological polar surface area (TPSA) is 29.9 Å². The highest BCUT2D eigenvalue weighted by Crippen LogP contribution is 2.37. The Balaban J connectivity index is 2.05. The van der Waals surface area contributed by atoms with Crippen LogP contribution in [0.25, 0.3) is 0 Å². The van der Waals surface area contributed by atoms with Gasteiger partial charge >= 0.3 is 0 Å². The molecular formula is C16H29N3S. The number of rotatable bonds is 6. The maximum absolute atomic E-state index is 4.63. The first-order valence-corrected chi connectivity index (χ1v) is 8.89. The zero-order valence-electron chi connectivity index (χ0n) is 13.4.